The van der Waals surface area contributed by atoms with Crippen molar-refractivity contribution < 1.29 is 9.84 Å². The first-order valence-corrected chi connectivity index (χ1v) is 5.77. The Bertz CT molecular complexity index is 336. The van der Waals surface area contributed by atoms with Crippen LogP contribution in [0.25, 0.3) is 0 Å². The van der Waals surface area contributed by atoms with E-state index >= 15 is 0 Å². The fourth-order valence-electron chi connectivity index (χ4n) is 0.868. The van der Waals surface area contributed by atoms with Crippen molar-refractivity contribution in [3.05, 3.63) is 0 Å². The molecular weight excluding hydrogens is 230 g/mol. The summed E-state index contributed by atoms with van der Waals surface area (Å²) in [6.07, 6.45) is -0.0243. The fourth-order valence-corrected chi connectivity index (χ4v) is 1.44. The molecule has 7 nitrogen and oxygen atoms in total. The van der Waals surface area contributed by atoms with E-state index in [1.54, 1.807) is 0 Å². The minimum Gasteiger partial charge on any atom is -0.461 e. The summed E-state index contributed by atoms with van der Waals surface area (Å²) in [5.41, 5.74) is 2.34. The first-order valence-electron chi connectivity index (χ1n) is 4.78. The third kappa shape index (κ3) is 4.17. The lowest BCUT2D eigenvalue weighted by Crippen LogP contribution is -2.15. The van der Waals surface area contributed by atoms with Crippen LogP contribution in [0.15, 0.2) is 5.16 Å². The van der Waals surface area contributed by atoms with Crippen molar-refractivity contribution in [1.82, 2.24) is 15.0 Å². The summed E-state index contributed by atoms with van der Waals surface area (Å²) in [6, 6.07) is 0.221. The number of rotatable bonds is 6. The third-order valence-corrected chi connectivity index (χ3v) is 2.21. The number of thioether (sulfide) groups is 1. The molecule has 0 radical (unpaired) electrons. The summed E-state index contributed by atoms with van der Waals surface area (Å²) in [5, 5.41) is 9.17. The van der Waals surface area contributed by atoms with Crippen LogP contribution in [0, 0.1) is 0 Å². The molecule has 0 bridgehead atoms. The Kier molecular flexibility index (Phi) is 5.23. The second kappa shape index (κ2) is 6.46. The molecule has 4 N–H and O–H groups in total. The van der Waals surface area contributed by atoms with Crippen molar-refractivity contribution in [1.29, 1.82) is 0 Å². The number of hydrogen-bond acceptors (Lipinski definition) is 8. The van der Waals surface area contributed by atoms with Gasteiger partial charge in [0.25, 0.3) is 0 Å². The van der Waals surface area contributed by atoms with E-state index in [2.05, 4.69) is 20.4 Å². The van der Waals surface area contributed by atoms with Crippen molar-refractivity contribution >= 4 is 17.7 Å². The van der Waals surface area contributed by atoms with Crippen LogP contribution in [0.4, 0.5) is 5.95 Å². The van der Waals surface area contributed by atoms with Crippen molar-refractivity contribution in [2.24, 2.45) is 5.84 Å². The number of nitrogen functional groups attached to an aromatic ring is 1. The van der Waals surface area contributed by atoms with Crippen LogP contribution in [0.5, 0.6) is 6.01 Å². The van der Waals surface area contributed by atoms with Gasteiger partial charge in [-0.2, -0.15) is 15.0 Å². The summed E-state index contributed by atoms with van der Waals surface area (Å²) in [5.74, 6) is 5.98. The lowest BCUT2D eigenvalue weighted by molar-refractivity contribution is 0.219. The molecule has 0 fully saturated rings. The molecule has 0 saturated carbocycles. The Balaban J connectivity index is 2.82. The zero-order chi connectivity index (χ0) is 12.0. The number of nitrogens with zero attached hydrogens (tertiary/aromatic N) is 3. The van der Waals surface area contributed by atoms with Gasteiger partial charge < -0.3 is 9.84 Å². The van der Waals surface area contributed by atoms with Crippen LogP contribution in [0.2, 0.25) is 0 Å². The van der Waals surface area contributed by atoms with Crippen LogP contribution in [0.1, 0.15) is 13.8 Å². The molecule has 0 aliphatic rings. The number of aromatic nitrogens is 3. The number of ether oxygens (including phenoxy) is 1. The molecule has 0 unspecified atom stereocenters. The summed E-state index contributed by atoms with van der Waals surface area (Å²) >= 11 is 1.30. The number of anilines is 1. The predicted molar refractivity (Wildman–Crippen MR) is 61.2 cm³/mol. The van der Waals surface area contributed by atoms with E-state index in [0.717, 1.165) is 0 Å². The van der Waals surface area contributed by atoms with Gasteiger partial charge in [-0.05, 0) is 13.8 Å². The molecule has 1 heterocycles. The molecule has 1 aromatic heterocycles. The van der Waals surface area contributed by atoms with Crippen molar-refractivity contribution in [2.75, 3.05) is 17.8 Å². The normalized spacial score (nSPS) is 10.6. The van der Waals surface area contributed by atoms with Gasteiger partial charge in [-0.1, -0.05) is 11.8 Å². The average molecular weight is 245 g/mol. The van der Waals surface area contributed by atoms with Crippen LogP contribution >= 0.6 is 11.8 Å². The van der Waals surface area contributed by atoms with E-state index in [1.165, 1.54) is 11.8 Å². The van der Waals surface area contributed by atoms with Gasteiger partial charge in [-0.3, -0.25) is 5.43 Å². The van der Waals surface area contributed by atoms with Crippen molar-refractivity contribution in [3.63, 3.8) is 0 Å². The first kappa shape index (κ1) is 12.9. The molecule has 16 heavy (non-hydrogen) atoms. The second-order valence-corrected chi connectivity index (χ2v) is 4.17. The molecule has 0 aliphatic heterocycles. The molecule has 0 amide bonds. The minimum atomic E-state index is -0.0243. The molecule has 0 aliphatic carbocycles. The number of nitrogens with one attached hydrogen (secondary N) is 1. The number of nitrogens with two attached hydrogens (primary N) is 1. The van der Waals surface area contributed by atoms with Gasteiger partial charge in [0.15, 0.2) is 5.16 Å². The van der Waals surface area contributed by atoms with E-state index in [4.69, 9.17) is 15.7 Å². The number of aliphatic hydroxyl groups excluding tert-OH is 1. The topological polar surface area (TPSA) is 106 Å². The van der Waals surface area contributed by atoms with E-state index in [0.29, 0.717) is 10.9 Å². The maximum absolute atomic E-state index is 8.71. The van der Waals surface area contributed by atoms with Gasteiger partial charge in [0.1, 0.15) is 0 Å². The molecular formula is C8H15N5O2S. The van der Waals surface area contributed by atoms with Crippen molar-refractivity contribution in [3.8, 4) is 6.01 Å². The van der Waals surface area contributed by atoms with E-state index in [9.17, 15) is 0 Å². The van der Waals surface area contributed by atoms with Gasteiger partial charge in [0, 0.05) is 5.75 Å². The summed E-state index contributed by atoms with van der Waals surface area (Å²) in [4.78, 5) is 12.0. The molecule has 0 atom stereocenters. The molecule has 0 spiro atoms. The number of hydrogen-bond donors (Lipinski definition) is 3. The molecule has 8 heteroatoms. The largest absolute Gasteiger partial charge is 0.461 e. The Morgan fingerprint density at radius 2 is 2.19 bits per heavy atom. The van der Waals surface area contributed by atoms with Gasteiger partial charge in [-0.25, -0.2) is 5.84 Å². The highest BCUT2D eigenvalue weighted by Crippen LogP contribution is 2.17. The number of aliphatic hydroxyl groups is 1. The van der Waals surface area contributed by atoms with Crippen LogP contribution < -0.4 is 16.0 Å². The van der Waals surface area contributed by atoms with Crippen molar-refractivity contribution in [2.45, 2.75) is 25.1 Å². The zero-order valence-electron chi connectivity index (χ0n) is 9.17. The first-order chi connectivity index (χ1) is 7.65. The highest BCUT2D eigenvalue weighted by Gasteiger charge is 2.08. The average Bonchev–Trinajstić information content (AvgIpc) is 2.25. The lowest BCUT2D eigenvalue weighted by atomic mass is 10.5. The molecule has 90 valence electrons. The standard InChI is InChI=1S/C8H15N5O2S/c1-5(2)15-7-10-6(13-9)11-8(12-7)16-4-3-14/h5,14H,3-4,9H2,1-2H3,(H,10,11,12,13). The minimum absolute atomic E-state index is 0.0243. The maximum Gasteiger partial charge on any atom is 0.322 e. The van der Waals surface area contributed by atoms with E-state index in [-0.39, 0.29) is 24.7 Å². The fraction of sp³-hybridized carbons (Fsp3) is 0.625. The van der Waals surface area contributed by atoms with Crippen LogP contribution in [-0.4, -0.2) is 38.5 Å². The summed E-state index contributed by atoms with van der Waals surface area (Å²) < 4.78 is 5.34. The SMILES string of the molecule is CC(C)Oc1nc(NN)nc(SCCO)n1. The quantitative estimate of drug-likeness (QED) is 0.366. The molecule has 1 aromatic rings. The maximum atomic E-state index is 8.71. The van der Waals surface area contributed by atoms with Gasteiger partial charge in [0.05, 0.1) is 12.7 Å². The predicted octanol–water partition coefficient (Wildman–Crippen LogP) is 0.0288. The monoisotopic (exact) mass is 245 g/mol. The highest BCUT2D eigenvalue weighted by atomic mass is 32.2. The Hall–Kier alpha value is -1.12. The van der Waals surface area contributed by atoms with Gasteiger partial charge >= 0.3 is 6.01 Å². The smallest absolute Gasteiger partial charge is 0.322 e. The van der Waals surface area contributed by atoms with Gasteiger partial charge in [-0.15, -0.1) is 0 Å². The lowest BCUT2D eigenvalue weighted by Gasteiger charge is -2.09. The Morgan fingerprint density at radius 1 is 1.44 bits per heavy atom. The molecule has 0 aromatic carbocycles. The van der Waals surface area contributed by atoms with Crippen LogP contribution in [0.3, 0.4) is 0 Å². The zero-order valence-corrected chi connectivity index (χ0v) is 9.99. The summed E-state index contributed by atoms with van der Waals surface area (Å²) in [6.45, 7) is 3.81. The third-order valence-electron chi connectivity index (χ3n) is 1.39. The van der Waals surface area contributed by atoms with E-state index < -0.39 is 0 Å². The second-order valence-electron chi connectivity index (χ2n) is 3.11. The summed E-state index contributed by atoms with van der Waals surface area (Å²) in [7, 11) is 0. The van der Waals surface area contributed by atoms with Gasteiger partial charge in [0.2, 0.25) is 5.95 Å². The molecule has 0 saturated heterocycles. The van der Waals surface area contributed by atoms with Crippen LogP contribution in [-0.2, 0) is 0 Å². The Morgan fingerprint density at radius 3 is 2.75 bits per heavy atom. The Labute approximate surface area is 97.8 Å². The highest BCUT2D eigenvalue weighted by molar-refractivity contribution is 7.99. The molecule has 1 rings (SSSR count). The number of hydrazine groups is 1. The van der Waals surface area contributed by atoms with E-state index in [1.807, 2.05) is 13.8 Å².